The van der Waals surface area contributed by atoms with E-state index in [1.54, 1.807) is 30.0 Å². The SMILES string of the molecule is Cc1ccc(C(=O)N2CCCC(Oc3ccc(N(C)C)nn3)C2)cc1F. The van der Waals surface area contributed by atoms with E-state index in [9.17, 15) is 9.18 Å². The summed E-state index contributed by atoms with van der Waals surface area (Å²) in [6.45, 7) is 2.77. The minimum Gasteiger partial charge on any atom is -0.471 e. The number of carbonyl (C=O) groups excluding carboxylic acids is 1. The highest BCUT2D eigenvalue weighted by Crippen LogP contribution is 2.20. The van der Waals surface area contributed by atoms with E-state index >= 15 is 0 Å². The van der Waals surface area contributed by atoms with Crippen molar-refractivity contribution < 1.29 is 13.9 Å². The summed E-state index contributed by atoms with van der Waals surface area (Å²) in [4.78, 5) is 16.2. The highest BCUT2D eigenvalue weighted by atomic mass is 19.1. The van der Waals surface area contributed by atoms with E-state index in [4.69, 9.17) is 4.74 Å². The topological polar surface area (TPSA) is 58.6 Å². The maximum atomic E-state index is 13.7. The van der Waals surface area contributed by atoms with Gasteiger partial charge in [0, 0.05) is 32.3 Å². The van der Waals surface area contributed by atoms with Crippen LogP contribution in [0.25, 0.3) is 0 Å². The van der Waals surface area contributed by atoms with Crippen molar-refractivity contribution in [3.05, 3.63) is 47.3 Å². The number of halogens is 1. The number of rotatable bonds is 4. The van der Waals surface area contributed by atoms with Gasteiger partial charge in [0.1, 0.15) is 11.9 Å². The van der Waals surface area contributed by atoms with Crippen LogP contribution in [0.15, 0.2) is 30.3 Å². The number of carbonyl (C=O) groups is 1. The molecule has 0 radical (unpaired) electrons. The minimum atomic E-state index is -0.364. The first-order chi connectivity index (χ1) is 12.4. The molecular formula is C19H23FN4O2. The highest BCUT2D eigenvalue weighted by molar-refractivity contribution is 5.94. The zero-order valence-corrected chi connectivity index (χ0v) is 15.3. The van der Waals surface area contributed by atoms with Gasteiger partial charge in [-0.3, -0.25) is 4.79 Å². The average molecular weight is 358 g/mol. The normalized spacial score (nSPS) is 17.1. The number of hydrogen-bond donors (Lipinski definition) is 0. The minimum absolute atomic E-state index is 0.150. The molecule has 0 saturated carbocycles. The Bertz CT molecular complexity index is 780. The third-order valence-corrected chi connectivity index (χ3v) is 4.46. The van der Waals surface area contributed by atoms with Crippen molar-refractivity contribution in [1.82, 2.24) is 15.1 Å². The lowest BCUT2D eigenvalue weighted by Crippen LogP contribution is -2.44. The molecule has 1 fully saturated rings. The molecule has 3 rings (SSSR count). The van der Waals surface area contributed by atoms with Gasteiger partial charge in [0.05, 0.1) is 6.54 Å². The summed E-state index contributed by atoms with van der Waals surface area (Å²) < 4.78 is 19.6. The Hall–Kier alpha value is -2.70. The highest BCUT2D eigenvalue weighted by Gasteiger charge is 2.26. The molecule has 1 aliphatic rings. The molecule has 7 heteroatoms. The molecule has 0 spiro atoms. The Morgan fingerprint density at radius 2 is 2.08 bits per heavy atom. The van der Waals surface area contributed by atoms with Gasteiger partial charge in [-0.25, -0.2) is 4.39 Å². The van der Waals surface area contributed by atoms with Gasteiger partial charge in [-0.1, -0.05) is 6.07 Å². The van der Waals surface area contributed by atoms with Crippen LogP contribution in [0.1, 0.15) is 28.8 Å². The molecule has 6 nitrogen and oxygen atoms in total. The molecule has 1 amide bonds. The zero-order valence-electron chi connectivity index (χ0n) is 15.3. The lowest BCUT2D eigenvalue weighted by molar-refractivity contribution is 0.0525. The first-order valence-corrected chi connectivity index (χ1v) is 8.67. The average Bonchev–Trinajstić information content (AvgIpc) is 2.64. The number of ether oxygens (including phenoxy) is 1. The predicted octanol–water partition coefficient (Wildman–Crippen LogP) is 2.67. The van der Waals surface area contributed by atoms with Gasteiger partial charge in [0.2, 0.25) is 5.88 Å². The van der Waals surface area contributed by atoms with Crippen LogP contribution < -0.4 is 9.64 Å². The Labute approximate surface area is 152 Å². The third-order valence-electron chi connectivity index (χ3n) is 4.46. The Morgan fingerprint density at radius 1 is 1.27 bits per heavy atom. The summed E-state index contributed by atoms with van der Waals surface area (Å²) in [6.07, 6.45) is 1.51. The second kappa shape index (κ2) is 7.68. The zero-order chi connectivity index (χ0) is 18.7. The molecule has 2 heterocycles. The van der Waals surface area contributed by atoms with E-state index < -0.39 is 0 Å². The maximum absolute atomic E-state index is 13.7. The number of nitrogens with zero attached hydrogens (tertiary/aromatic N) is 4. The smallest absolute Gasteiger partial charge is 0.254 e. The molecule has 0 N–H and O–H groups in total. The van der Waals surface area contributed by atoms with E-state index in [-0.39, 0.29) is 17.8 Å². The number of likely N-dealkylation sites (tertiary alicyclic amines) is 1. The largest absolute Gasteiger partial charge is 0.471 e. The number of aromatic nitrogens is 2. The number of hydrogen-bond acceptors (Lipinski definition) is 5. The molecule has 0 aliphatic carbocycles. The van der Waals surface area contributed by atoms with Crippen molar-refractivity contribution in [1.29, 1.82) is 0 Å². The van der Waals surface area contributed by atoms with E-state index in [1.807, 2.05) is 25.1 Å². The molecule has 1 atom stereocenters. The van der Waals surface area contributed by atoms with E-state index in [0.29, 0.717) is 30.1 Å². The fourth-order valence-electron chi connectivity index (χ4n) is 2.91. The third kappa shape index (κ3) is 4.09. The van der Waals surface area contributed by atoms with Crippen molar-refractivity contribution in [2.75, 3.05) is 32.1 Å². The van der Waals surface area contributed by atoms with Crippen LogP contribution in [0.4, 0.5) is 10.2 Å². The quantitative estimate of drug-likeness (QED) is 0.841. The van der Waals surface area contributed by atoms with Gasteiger partial charge in [-0.15, -0.1) is 10.2 Å². The maximum Gasteiger partial charge on any atom is 0.254 e. The number of amides is 1. The van der Waals surface area contributed by atoms with Gasteiger partial charge in [0.25, 0.3) is 5.91 Å². The molecule has 26 heavy (non-hydrogen) atoms. The van der Waals surface area contributed by atoms with Crippen LogP contribution in [0, 0.1) is 12.7 Å². The summed E-state index contributed by atoms with van der Waals surface area (Å²) in [5.41, 5.74) is 0.894. The summed E-state index contributed by atoms with van der Waals surface area (Å²) >= 11 is 0. The lowest BCUT2D eigenvalue weighted by Gasteiger charge is -2.32. The molecule has 1 unspecified atom stereocenters. The van der Waals surface area contributed by atoms with Gasteiger partial charge in [-0.05, 0) is 43.5 Å². The Balaban J connectivity index is 1.65. The number of anilines is 1. The summed E-state index contributed by atoms with van der Waals surface area (Å²) in [5, 5.41) is 8.17. The van der Waals surface area contributed by atoms with E-state index in [0.717, 1.165) is 18.7 Å². The number of piperidine rings is 1. The Kier molecular flexibility index (Phi) is 5.35. The van der Waals surface area contributed by atoms with Crippen LogP contribution >= 0.6 is 0 Å². The molecule has 1 aliphatic heterocycles. The standard InChI is InChI=1S/C19H23FN4O2/c1-13-6-7-14(11-16(13)20)19(25)24-10-4-5-15(12-24)26-18-9-8-17(21-22-18)23(2)3/h6-9,11,15H,4-5,10,12H2,1-3H3. The monoisotopic (exact) mass is 358 g/mol. The van der Waals surface area contributed by atoms with Crippen LogP contribution in [0.2, 0.25) is 0 Å². The molecular weight excluding hydrogens is 335 g/mol. The summed E-state index contributed by atoms with van der Waals surface area (Å²) in [5.74, 6) is 0.652. The van der Waals surface area contributed by atoms with Gasteiger partial charge in [-0.2, -0.15) is 0 Å². The van der Waals surface area contributed by atoms with E-state index in [1.165, 1.54) is 6.07 Å². The number of benzene rings is 1. The van der Waals surface area contributed by atoms with Crippen molar-refractivity contribution >= 4 is 11.7 Å². The van der Waals surface area contributed by atoms with Gasteiger partial charge < -0.3 is 14.5 Å². The number of aryl methyl sites for hydroxylation is 1. The molecule has 138 valence electrons. The van der Waals surface area contributed by atoms with Crippen molar-refractivity contribution in [3.8, 4) is 5.88 Å². The van der Waals surface area contributed by atoms with Crippen LogP contribution in [-0.2, 0) is 0 Å². The van der Waals surface area contributed by atoms with Crippen molar-refractivity contribution in [2.45, 2.75) is 25.9 Å². The molecule has 1 saturated heterocycles. The summed E-state index contributed by atoms with van der Waals surface area (Å²) in [6, 6.07) is 8.20. The Morgan fingerprint density at radius 3 is 2.73 bits per heavy atom. The molecule has 1 aromatic carbocycles. The van der Waals surface area contributed by atoms with E-state index in [2.05, 4.69) is 10.2 Å². The van der Waals surface area contributed by atoms with Crippen molar-refractivity contribution in [2.24, 2.45) is 0 Å². The fourth-order valence-corrected chi connectivity index (χ4v) is 2.91. The second-order valence-electron chi connectivity index (χ2n) is 6.72. The van der Waals surface area contributed by atoms with Crippen LogP contribution in [-0.4, -0.2) is 54.3 Å². The second-order valence-corrected chi connectivity index (χ2v) is 6.72. The predicted molar refractivity (Wildman–Crippen MR) is 97.0 cm³/mol. The lowest BCUT2D eigenvalue weighted by atomic mass is 10.1. The molecule has 2 aromatic rings. The molecule has 1 aromatic heterocycles. The van der Waals surface area contributed by atoms with Crippen LogP contribution in [0.5, 0.6) is 5.88 Å². The van der Waals surface area contributed by atoms with Gasteiger partial charge >= 0.3 is 0 Å². The first kappa shape index (κ1) is 18.1. The van der Waals surface area contributed by atoms with Gasteiger partial charge in [0.15, 0.2) is 5.82 Å². The van der Waals surface area contributed by atoms with Crippen LogP contribution in [0.3, 0.4) is 0 Å². The molecule has 0 bridgehead atoms. The van der Waals surface area contributed by atoms with Crippen molar-refractivity contribution in [3.63, 3.8) is 0 Å². The first-order valence-electron chi connectivity index (χ1n) is 8.67. The summed E-state index contributed by atoms with van der Waals surface area (Å²) in [7, 11) is 3.78. The fraction of sp³-hybridized carbons (Fsp3) is 0.421.